The average molecular weight is 475 g/mol. The second-order valence-corrected chi connectivity index (χ2v) is 10.2. The Morgan fingerprint density at radius 2 is 1.88 bits per heavy atom. The van der Waals surface area contributed by atoms with Crippen LogP contribution in [0.2, 0.25) is 5.02 Å². The highest BCUT2D eigenvalue weighted by atomic mass is 35.5. The van der Waals surface area contributed by atoms with E-state index in [9.17, 15) is 18.0 Å². The summed E-state index contributed by atoms with van der Waals surface area (Å²) in [7, 11) is -3.64. The third-order valence-corrected chi connectivity index (χ3v) is 7.78. The van der Waals surface area contributed by atoms with Crippen LogP contribution in [0.1, 0.15) is 24.8 Å². The molecule has 2 heterocycles. The van der Waals surface area contributed by atoms with Gasteiger partial charge in [0.25, 0.3) is 5.56 Å². The molecule has 0 aliphatic carbocycles. The number of piperidine rings is 1. The number of carbonyl (C=O) groups is 1. The molecule has 0 radical (unpaired) electrons. The number of anilines is 1. The van der Waals surface area contributed by atoms with Crippen molar-refractivity contribution in [2.24, 2.45) is 0 Å². The van der Waals surface area contributed by atoms with Gasteiger partial charge in [0, 0.05) is 23.8 Å². The van der Waals surface area contributed by atoms with Gasteiger partial charge in [-0.1, -0.05) is 24.1 Å². The van der Waals surface area contributed by atoms with Crippen molar-refractivity contribution in [3.05, 3.63) is 63.7 Å². The fourth-order valence-corrected chi connectivity index (χ4v) is 5.74. The third-order valence-electron chi connectivity index (χ3n) is 5.50. The summed E-state index contributed by atoms with van der Waals surface area (Å²) in [6.45, 7) is 2.46. The van der Waals surface area contributed by atoms with E-state index in [0.717, 1.165) is 19.3 Å². The third kappa shape index (κ3) is 4.55. The van der Waals surface area contributed by atoms with Crippen LogP contribution in [0.3, 0.4) is 0 Å². The van der Waals surface area contributed by atoms with Crippen molar-refractivity contribution < 1.29 is 13.2 Å². The highest BCUT2D eigenvalue weighted by Gasteiger charge is 2.27. The van der Waals surface area contributed by atoms with Crippen molar-refractivity contribution in [3.8, 4) is 0 Å². The summed E-state index contributed by atoms with van der Waals surface area (Å²) in [6.07, 6.45) is 4.01. The van der Waals surface area contributed by atoms with Gasteiger partial charge in [-0.05, 0) is 55.7 Å². The molecule has 1 aliphatic rings. The fourth-order valence-electron chi connectivity index (χ4n) is 3.80. The number of halogens is 1. The smallest absolute Gasteiger partial charge is 0.261 e. The first-order valence-corrected chi connectivity index (χ1v) is 12.1. The van der Waals surface area contributed by atoms with E-state index in [4.69, 9.17) is 11.6 Å². The van der Waals surface area contributed by atoms with Gasteiger partial charge in [-0.2, -0.15) is 4.31 Å². The van der Waals surface area contributed by atoms with Crippen LogP contribution in [-0.2, 0) is 21.4 Å². The lowest BCUT2D eigenvalue weighted by molar-refractivity contribution is -0.116. The number of nitrogens with zero attached hydrogens (tertiary/aromatic N) is 3. The predicted octanol–water partition coefficient (Wildman–Crippen LogP) is 3.17. The van der Waals surface area contributed by atoms with Crippen LogP contribution in [0, 0.1) is 6.92 Å². The SMILES string of the molecule is Cc1ccc(NC(=O)Cn2cnc3ccc(Cl)cc3c2=O)cc1S(=O)(=O)N1CCCCC1. The Morgan fingerprint density at radius 1 is 1.12 bits per heavy atom. The molecule has 3 aromatic rings. The van der Waals surface area contributed by atoms with Crippen molar-refractivity contribution in [1.82, 2.24) is 13.9 Å². The number of aromatic nitrogens is 2. The summed E-state index contributed by atoms with van der Waals surface area (Å²) < 4.78 is 28.8. The maximum absolute atomic E-state index is 13.1. The molecule has 1 amide bonds. The Labute approximate surface area is 190 Å². The number of hydrogen-bond donors (Lipinski definition) is 1. The van der Waals surface area contributed by atoms with E-state index in [2.05, 4.69) is 10.3 Å². The average Bonchev–Trinajstić information content (AvgIpc) is 2.78. The number of aryl methyl sites for hydroxylation is 1. The molecule has 1 fully saturated rings. The van der Waals surface area contributed by atoms with Crippen molar-refractivity contribution >= 4 is 44.1 Å². The summed E-state index contributed by atoms with van der Waals surface area (Å²) in [4.78, 5) is 29.6. The van der Waals surface area contributed by atoms with E-state index in [-0.39, 0.29) is 17.0 Å². The molecule has 0 unspecified atom stereocenters. The van der Waals surface area contributed by atoms with Crippen LogP contribution < -0.4 is 10.9 Å². The van der Waals surface area contributed by atoms with E-state index >= 15 is 0 Å². The zero-order valence-electron chi connectivity index (χ0n) is 17.5. The van der Waals surface area contributed by atoms with Gasteiger partial charge in [0.1, 0.15) is 6.54 Å². The molecule has 1 N–H and O–H groups in total. The Hall–Kier alpha value is -2.75. The van der Waals surface area contributed by atoms with Crippen molar-refractivity contribution in [2.45, 2.75) is 37.6 Å². The van der Waals surface area contributed by atoms with Crippen molar-refractivity contribution in [3.63, 3.8) is 0 Å². The lowest BCUT2D eigenvalue weighted by Gasteiger charge is -2.26. The number of fused-ring (bicyclic) bond motifs is 1. The molecule has 0 spiro atoms. The number of nitrogens with one attached hydrogen (secondary N) is 1. The second kappa shape index (κ2) is 9.01. The van der Waals surface area contributed by atoms with Gasteiger partial charge in [-0.3, -0.25) is 14.2 Å². The Morgan fingerprint density at radius 3 is 2.62 bits per heavy atom. The summed E-state index contributed by atoms with van der Waals surface area (Å²) in [5, 5.41) is 3.41. The molecular weight excluding hydrogens is 452 g/mol. The zero-order chi connectivity index (χ0) is 22.9. The van der Waals surface area contributed by atoms with E-state index in [1.54, 1.807) is 31.2 Å². The van der Waals surface area contributed by atoms with E-state index in [1.807, 2.05) is 0 Å². The normalized spacial score (nSPS) is 15.1. The molecule has 8 nitrogen and oxygen atoms in total. The highest BCUT2D eigenvalue weighted by Crippen LogP contribution is 2.26. The molecule has 1 saturated heterocycles. The number of benzene rings is 2. The van der Waals surface area contributed by atoms with Crippen LogP contribution in [0.5, 0.6) is 0 Å². The monoisotopic (exact) mass is 474 g/mol. The van der Waals surface area contributed by atoms with E-state index in [0.29, 0.717) is 40.3 Å². The molecule has 1 aromatic heterocycles. The van der Waals surface area contributed by atoms with Crippen LogP contribution in [0.25, 0.3) is 10.9 Å². The Kier molecular flexibility index (Phi) is 6.32. The van der Waals surface area contributed by atoms with Gasteiger partial charge < -0.3 is 5.32 Å². The summed E-state index contributed by atoms with van der Waals surface area (Å²) >= 11 is 5.97. The number of hydrogen-bond acceptors (Lipinski definition) is 5. The summed E-state index contributed by atoms with van der Waals surface area (Å²) in [5.74, 6) is -0.472. The van der Waals surface area contributed by atoms with Gasteiger partial charge >= 0.3 is 0 Å². The zero-order valence-corrected chi connectivity index (χ0v) is 19.1. The van der Waals surface area contributed by atoms with Crippen LogP contribution in [-0.4, -0.2) is 41.3 Å². The predicted molar refractivity (Wildman–Crippen MR) is 123 cm³/mol. The maximum atomic E-state index is 13.1. The lowest BCUT2D eigenvalue weighted by Crippen LogP contribution is -2.36. The molecular formula is C22H23ClN4O4S. The lowest BCUT2D eigenvalue weighted by atomic mass is 10.2. The number of sulfonamides is 1. The quantitative estimate of drug-likeness (QED) is 0.612. The Balaban J connectivity index is 1.55. The molecule has 0 saturated carbocycles. The topological polar surface area (TPSA) is 101 Å². The molecule has 2 aromatic carbocycles. The van der Waals surface area contributed by atoms with Crippen LogP contribution >= 0.6 is 11.6 Å². The van der Waals surface area contributed by atoms with Gasteiger partial charge in [0.05, 0.1) is 22.1 Å². The van der Waals surface area contributed by atoms with Crippen LogP contribution in [0.4, 0.5) is 5.69 Å². The molecule has 0 atom stereocenters. The second-order valence-electron chi connectivity index (χ2n) is 7.83. The maximum Gasteiger partial charge on any atom is 0.261 e. The molecule has 168 valence electrons. The molecule has 1 aliphatic heterocycles. The first-order valence-electron chi connectivity index (χ1n) is 10.3. The van der Waals surface area contributed by atoms with E-state index < -0.39 is 15.9 Å². The number of rotatable bonds is 5. The fraction of sp³-hybridized carbons (Fsp3) is 0.318. The molecule has 0 bridgehead atoms. The molecule has 32 heavy (non-hydrogen) atoms. The first kappa shape index (κ1) is 22.4. The number of carbonyl (C=O) groups excluding carboxylic acids is 1. The standard InChI is InChI=1S/C22H23ClN4O4S/c1-15-5-7-17(12-20(15)32(30,31)27-9-3-2-4-10-27)25-21(28)13-26-14-24-19-8-6-16(23)11-18(19)22(26)29/h5-8,11-12,14H,2-4,9-10,13H2,1H3,(H,25,28). The minimum atomic E-state index is -3.64. The van der Waals surface area contributed by atoms with Crippen LogP contribution in [0.15, 0.2) is 52.4 Å². The largest absolute Gasteiger partial charge is 0.324 e. The van der Waals surface area contributed by atoms with Crippen molar-refractivity contribution in [2.75, 3.05) is 18.4 Å². The minimum Gasteiger partial charge on any atom is -0.324 e. The molecule has 10 heteroatoms. The first-order chi connectivity index (χ1) is 15.3. The van der Waals surface area contributed by atoms with E-state index in [1.165, 1.54) is 27.3 Å². The van der Waals surface area contributed by atoms with Gasteiger partial charge in [0.15, 0.2) is 0 Å². The summed E-state index contributed by atoms with van der Waals surface area (Å²) in [6, 6.07) is 9.57. The summed E-state index contributed by atoms with van der Waals surface area (Å²) in [5.41, 5.74) is 1.06. The van der Waals surface area contributed by atoms with Gasteiger partial charge in [-0.25, -0.2) is 13.4 Å². The Bertz CT molecular complexity index is 1350. The minimum absolute atomic E-state index is 0.177. The van der Waals surface area contributed by atoms with Crippen molar-refractivity contribution in [1.29, 1.82) is 0 Å². The van der Waals surface area contributed by atoms with Gasteiger partial charge in [0.2, 0.25) is 15.9 Å². The molecule has 4 rings (SSSR count). The highest BCUT2D eigenvalue weighted by molar-refractivity contribution is 7.89. The van der Waals surface area contributed by atoms with Gasteiger partial charge in [-0.15, -0.1) is 0 Å². The number of amides is 1.